The van der Waals surface area contributed by atoms with Gasteiger partial charge in [0, 0.05) is 16.6 Å². The predicted octanol–water partition coefficient (Wildman–Crippen LogP) is 3.92. The molecule has 8 heteroatoms. The van der Waals surface area contributed by atoms with E-state index in [-0.39, 0.29) is 11.3 Å². The van der Waals surface area contributed by atoms with E-state index in [0.717, 1.165) is 10.4 Å². The fraction of sp³-hybridized carbons (Fsp3) is 0.217. The Labute approximate surface area is 183 Å². The zero-order chi connectivity index (χ0) is 21.8. The van der Waals surface area contributed by atoms with Crippen LogP contribution < -0.4 is 14.4 Å². The second-order valence-corrected chi connectivity index (χ2v) is 8.02. The average Bonchev–Trinajstić information content (AvgIpc) is 3.30. The second kappa shape index (κ2) is 9.09. The molecule has 1 N–H and O–H groups in total. The van der Waals surface area contributed by atoms with Crippen LogP contribution in [0.15, 0.2) is 53.9 Å². The molecule has 1 aliphatic heterocycles. The van der Waals surface area contributed by atoms with E-state index in [1.165, 1.54) is 28.4 Å². The molecule has 1 aliphatic rings. The maximum absolute atomic E-state index is 13.0. The summed E-state index contributed by atoms with van der Waals surface area (Å²) in [5, 5.41) is 11.9. The van der Waals surface area contributed by atoms with Crippen molar-refractivity contribution in [2.75, 3.05) is 24.7 Å². The molecule has 2 aromatic carbocycles. The lowest BCUT2D eigenvalue weighted by Gasteiger charge is -2.25. The van der Waals surface area contributed by atoms with E-state index in [1.807, 2.05) is 17.5 Å². The van der Waals surface area contributed by atoms with E-state index in [4.69, 9.17) is 14.2 Å². The predicted molar refractivity (Wildman–Crippen MR) is 116 cm³/mol. The molecule has 0 saturated heterocycles. The average molecular weight is 439 g/mol. The van der Waals surface area contributed by atoms with Crippen molar-refractivity contribution >= 4 is 28.9 Å². The highest BCUT2D eigenvalue weighted by atomic mass is 32.1. The first-order valence-corrected chi connectivity index (χ1v) is 10.6. The summed E-state index contributed by atoms with van der Waals surface area (Å²) in [6.45, 7) is 2.57. The molecule has 1 aromatic heterocycles. The first-order chi connectivity index (χ1) is 15.0. The molecule has 160 valence electrons. The van der Waals surface area contributed by atoms with E-state index in [0.29, 0.717) is 36.9 Å². The highest BCUT2D eigenvalue weighted by molar-refractivity contribution is 7.09. The molecule has 7 nitrogen and oxygen atoms in total. The van der Waals surface area contributed by atoms with Gasteiger partial charge in [0.15, 0.2) is 18.1 Å². The number of hydrogen-bond donors (Lipinski definition) is 1. The molecule has 0 fully saturated rings. The van der Waals surface area contributed by atoms with E-state index in [9.17, 15) is 14.7 Å². The second-order valence-electron chi connectivity index (χ2n) is 6.98. The topological polar surface area (TPSA) is 85.3 Å². The summed E-state index contributed by atoms with van der Waals surface area (Å²) in [5.74, 6) is -0.155. The van der Waals surface area contributed by atoms with Crippen molar-refractivity contribution in [3.63, 3.8) is 0 Å². The number of fused-ring (bicyclic) bond motifs is 1. The van der Waals surface area contributed by atoms with Gasteiger partial charge in [0.1, 0.15) is 24.5 Å². The van der Waals surface area contributed by atoms with Crippen LogP contribution in [-0.2, 0) is 16.1 Å². The smallest absolute Gasteiger partial charge is 0.342 e. The van der Waals surface area contributed by atoms with Gasteiger partial charge in [-0.15, -0.1) is 11.3 Å². The van der Waals surface area contributed by atoms with Crippen LogP contribution in [0.5, 0.6) is 17.2 Å². The third kappa shape index (κ3) is 4.80. The number of rotatable bonds is 6. The van der Waals surface area contributed by atoms with Crippen molar-refractivity contribution in [1.29, 1.82) is 0 Å². The molecular formula is C23H21NO6S. The van der Waals surface area contributed by atoms with Crippen LogP contribution >= 0.6 is 11.3 Å². The summed E-state index contributed by atoms with van der Waals surface area (Å²) in [6.07, 6.45) is 0. The van der Waals surface area contributed by atoms with Gasteiger partial charge >= 0.3 is 5.97 Å². The fourth-order valence-electron chi connectivity index (χ4n) is 3.18. The molecule has 0 atom stereocenters. The molecule has 2 heterocycles. The Balaban J connectivity index is 1.53. The summed E-state index contributed by atoms with van der Waals surface area (Å²) in [5.41, 5.74) is 1.43. The van der Waals surface area contributed by atoms with Gasteiger partial charge in [0.05, 0.1) is 6.54 Å². The summed E-state index contributed by atoms with van der Waals surface area (Å²) in [7, 11) is 0. The molecule has 3 aromatic rings. The Bertz CT molecular complexity index is 1100. The van der Waals surface area contributed by atoms with E-state index in [1.54, 1.807) is 31.2 Å². The lowest BCUT2D eigenvalue weighted by molar-refractivity contribution is -0.121. The number of aromatic hydroxyl groups is 1. The number of hydrogen-bond acceptors (Lipinski definition) is 7. The van der Waals surface area contributed by atoms with Gasteiger partial charge < -0.3 is 24.2 Å². The number of esters is 1. The molecule has 31 heavy (non-hydrogen) atoms. The molecule has 0 radical (unpaired) electrons. The SMILES string of the molecule is Cc1ccc(O)c(C(=O)OCC(=O)N(Cc2cccs2)c2ccc3c(c2)OCCO3)c1. The highest BCUT2D eigenvalue weighted by Crippen LogP contribution is 2.34. The van der Waals surface area contributed by atoms with Crippen LogP contribution in [0.25, 0.3) is 0 Å². The van der Waals surface area contributed by atoms with Crippen molar-refractivity contribution < 1.29 is 28.9 Å². The number of aryl methyl sites for hydroxylation is 1. The summed E-state index contributed by atoms with van der Waals surface area (Å²) in [6, 6.07) is 13.7. The number of carbonyl (C=O) groups is 2. The number of benzene rings is 2. The highest BCUT2D eigenvalue weighted by Gasteiger charge is 2.22. The van der Waals surface area contributed by atoms with Gasteiger partial charge in [-0.1, -0.05) is 17.7 Å². The summed E-state index contributed by atoms with van der Waals surface area (Å²) in [4.78, 5) is 28.0. The monoisotopic (exact) mass is 439 g/mol. The van der Waals surface area contributed by atoms with Crippen molar-refractivity contribution in [3.8, 4) is 17.2 Å². The molecule has 0 bridgehead atoms. The van der Waals surface area contributed by atoms with Gasteiger partial charge in [-0.3, -0.25) is 4.79 Å². The number of amides is 1. The van der Waals surface area contributed by atoms with Gasteiger partial charge in [0.25, 0.3) is 5.91 Å². The number of anilines is 1. The number of nitrogens with zero attached hydrogens (tertiary/aromatic N) is 1. The molecular weight excluding hydrogens is 418 g/mol. The maximum atomic E-state index is 13.0. The Morgan fingerprint density at radius 1 is 1.10 bits per heavy atom. The minimum absolute atomic E-state index is 0.0249. The normalized spacial score (nSPS) is 12.3. The van der Waals surface area contributed by atoms with Crippen molar-refractivity contribution in [3.05, 3.63) is 69.9 Å². The molecule has 4 rings (SSSR count). The number of ether oxygens (including phenoxy) is 3. The third-order valence-corrected chi connectivity index (χ3v) is 5.59. The van der Waals surface area contributed by atoms with Crippen LogP contribution in [0, 0.1) is 6.92 Å². The molecule has 0 saturated carbocycles. The van der Waals surface area contributed by atoms with Crippen molar-refractivity contribution in [1.82, 2.24) is 0 Å². The lowest BCUT2D eigenvalue weighted by atomic mass is 10.1. The Morgan fingerprint density at radius 3 is 2.68 bits per heavy atom. The summed E-state index contributed by atoms with van der Waals surface area (Å²) >= 11 is 1.53. The zero-order valence-electron chi connectivity index (χ0n) is 16.9. The Hall–Kier alpha value is -3.52. The van der Waals surface area contributed by atoms with Gasteiger partial charge in [-0.2, -0.15) is 0 Å². The first-order valence-electron chi connectivity index (χ1n) is 9.70. The first kappa shape index (κ1) is 20.7. The molecule has 1 amide bonds. The quantitative estimate of drug-likeness (QED) is 0.586. The largest absolute Gasteiger partial charge is 0.507 e. The van der Waals surface area contributed by atoms with Crippen LogP contribution in [0.4, 0.5) is 5.69 Å². The minimum Gasteiger partial charge on any atom is -0.507 e. The van der Waals surface area contributed by atoms with Crippen molar-refractivity contribution in [2.45, 2.75) is 13.5 Å². The van der Waals surface area contributed by atoms with Gasteiger partial charge in [0.2, 0.25) is 0 Å². The number of thiophene rings is 1. The van der Waals surface area contributed by atoms with Crippen LogP contribution in [0.2, 0.25) is 0 Å². The molecule has 0 unspecified atom stereocenters. The van der Waals surface area contributed by atoms with Crippen LogP contribution in [0.1, 0.15) is 20.8 Å². The zero-order valence-corrected chi connectivity index (χ0v) is 17.7. The number of carbonyl (C=O) groups excluding carboxylic acids is 2. The molecule has 0 aliphatic carbocycles. The maximum Gasteiger partial charge on any atom is 0.342 e. The number of phenols is 1. The summed E-state index contributed by atoms with van der Waals surface area (Å²) < 4.78 is 16.4. The van der Waals surface area contributed by atoms with E-state index >= 15 is 0 Å². The van der Waals surface area contributed by atoms with Crippen LogP contribution in [0.3, 0.4) is 0 Å². The fourth-order valence-corrected chi connectivity index (χ4v) is 3.87. The molecule has 0 spiro atoms. The Morgan fingerprint density at radius 2 is 1.90 bits per heavy atom. The lowest BCUT2D eigenvalue weighted by Crippen LogP contribution is -2.34. The van der Waals surface area contributed by atoms with Crippen LogP contribution in [-0.4, -0.2) is 36.8 Å². The van der Waals surface area contributed by atoms with E-state index in [2.05, 4.69) is 0 Å². The Kier molecular flexibility index (Phi) is 6.08. The van der Waals surface area contributed by atoms with Crippen molar-refractivity contribution in [2.24, 2.45) is 0 Å². The van der Waals surface area contributed by atoms with E-state index < -0.39 is 18.5 Å². The van der Waals surface area contributed by atoms with Gasteiger partial charge in [-0.05, 0) is 42.6 Å². The third-order valence-electron chi connectivity index (χ3n) is 4.73. The minimum atomic E-state index is -0.757. The number of phenolic OH excluding ortho intramolecular Hbond substituents is 1. The standard InChI is InChI=1S/C23H21NO6S/c1-15-4-6-19(25)18(11-15)23(27)30-14-22(26)24(13-17-3-2-10-31-17)16-5-7-20-21(12-16)29-9-8-28-20/h2-7,10-12,25H,8-9,13-14H2,1H3. The van der Waals surface area contributed by atoms with Gasteiger partial charge in [-0.25, -0.2) is 4.79 Å².